The quantitative estimate of drug-likeness (QED) is 0.183. The van der Waals surface area contributed by atoms with Crippen molar-refractivity contribution in [2.75, 3.05) is 11.9 Å². The van der Waals surface area contributed by atoms with Crippen molar-refractivity contribution in [3.8, 4) is 0 Å². The molecule has 5 nitrogen and oxygen atoms in total. The Bertz CT molecular complexity index is 1670. The van der Waals surface area contributed by atoms with Crippen molar-refractivity contribution >= 4 is 17.5 Å². The topological polar surface area (TPSA) is 61.4 Å². The Labute approximate surface area is 251 Å². The molecule has 1 aliphatic rings. The first kappa shape index (κ1) is 27.9. The van der Waals surface area contributed by atoms with Gasteiger partial charge in [0.1, 0.15) is 12.0 Å². The fourth-order valence-electron chi connectivity index (χ4n) is 5.71. The molecule has 0 aliphatic carbocycles. The first-order chi connectivity index (χ1) is 21.1. The molecule has 2 amide bonds. The van der Waals surface area contributed by atoms with Crippen molar-refractivity contribution in [2.24, 2.45) is 0 Å². The van der Waals surface area contributed by atoms with Gasteiger partial charge in [-0.3, -0.25) is 9.59 Å². The summed E-state index contributed by atoms with van der Waals surface area (Å²) in [5.74, 6) is -0.407. The molecule has 5 aromatic rings. The lowest BCUT2D eigenvalue weighted by molar-refractivity contribution is 0.0728. The highest BCUT2D eigenvalue weighted by molar-refractivity contribution is 5.99. The van der Waals surface area contributed by atoms with Crippen molar-refractivity contribution in [3.05, 3.63) is 173 Å². The maximum Gasteiger partial charge on any atom is 0.256 e. The number of benzene rings is 5. The molecule has 6 heteroatoms. The first-order valence-electron chi connectivity index (χ1n) is 14.5. The van der Waals surface area contributed by atoms with Crippen LogP contribution in [0.15, 0.2) is 133 Å². The summed E-state index contributed by atoms with van der Waals surface area (Å²) in [4.78, 5) is 28.3. The number of rotatable bonds is 10. The van der Waals surface area contributed by atoms with E-state index in [1.54, 1.807) is 23.1 Å². The number of amides is 2. The summed E-state index contributed by atoms with van der Waals surface area (Å²) in [5.41, 5.74) is 5.99. The number of halogens is 1. The summed E-state index contributed by atoms with van der Waals surface area (Å²) >= 11 is 0. The van der Waals surface area contributed by atoms with Gasteiger partial charge >= 0.3 is 0 Å². The summed E-state index contributed by atoms with van der Waals surface area (Å²) in [6.07, 6.45) is 0.321. The van der Waals surface area contributed by atoms with Crippen LogP contribution in [0, 0.1) is 5.82 Å². The van der Waals surface area contributed by atoms with E-state index < -0.39 is 6.17 Å². The molecule has 0 bridgehead atoms. The minimum atomic E-state index is -0.440. The Balaban J connectivity index is 1.16. The van der Waals surface area contributed by atoms with E-state index in [-0.39, 0.29) is 23.5 Å². The van der Waals surface area contributed by atoms with Crippen LogP contribution in [0.5, 0.6) is 0 Å². The van der Waals surface area contributed by atoms with Gasteiger partial charge in [-0.05, 0) is 59.5 Å². The SMILES string of the molecule is O=C(NCCC(c1ccccc1)c1ccccc1)c1cccc(NC2c3ccccc3C(=O)N2Cc2ccc(F)cc2)c1. The molecule has 0 aromatic heterocycles. The lowest BCUT2D eigenvalue weighted by Crippen LogP contribution is -2.32. The monoisotopic (exact) mass is 569 g/mol. The third kappa shape index (κ3) is 6.33. The van der Waals surface area contributed by atoms with Crippen LogP contribution in [-0.4, -0.2) is 23.3 Å². The van der Waals surface area contributed by atoms with Crippen LogP contribution in [0.2, 0.25) is 0 Å². The molecule has 0 saturated carbocycles. The van der Waals surface area contributed by atoms with Gasteiger partial charge in [0.25, 0.3) is 11.8 Å². The van der Waals surface area contributed by atoms with Gasteiger partial charge < -0.3 is 15.5 Å². The van der Waals surface area contributed by atoms with E-state index in [9.17, 15) is 14.0 Å². The molecule has 2 N–H and O–H groups in total. The number of carbonyl (C=O) groups is 2. The summed E-state index contributed by atoms with van der Waals surface area (Å²) in [5, 5.41) is 6.57. The van der Waals surface area contributed by atoms with E-state index in [0.29, 0.717) is 24.2 Å². The number of hydrogen-bond acceptors (Lipinski definition) is 3. The number of hydrogen-bond donors (Lipinski definition) is 2. The molecule has 0 radical (unpaired) electrons. The fraction of sp³-hybridized carbons (Fsp3) is 0.135. The van der Waals surface area contributed by atoms with Gasteiger partial charge in [0.05, 0.1) is 0 Å². The van der Waals surface area contributed by atoms with Crippen LogP contribution < -0.4 is 10.6 Å². The largest absolute Gasteiger partial charge is 0.361 e. The zero-order valence-electron chi connectivity index (χ0n) is 23.6. The van der Waals surface area contributed by atoms with E-state index in [0.717, 1.165) is 23.2 Å². The second kappa shape index (κ2) is 12.7. The first-order valence-corrected chi connectivity index (χ1v) is 14.5. The molecular weight excluding hydrogens is 537 g/mol. The molecule has 1 unspecified atom stereocenters. The highest BCUT2D eigenvalue weighted by Gasteiger charge is 2.36. The summed E-state index contributed by atoms with van der Waals surface area (Å²) in [6.45, 7) is 0.830. The number of nitrogens with zero attached hydrogens (tertiary/aromatic N) is 1. The smallest absolute Gasteiger partial charge is 0.256 e. The van der Waals surface area contributed by atoms with E-state index >= 15 is 0 Å². The molecular formula is C37H32FN3O2. The highest BCUT2D eigenvalue weighted by atomic mass is 19.1. The Kier molecular flexibility index (Phi) is 8.27. The fourth-order valence-corrected chi connectivity index (χ4v) is 5.71. The molecule has 1 aliphatic heterocycles. The summed E-state index contributed by atoms with van der Waals surface area (Å²) in [7, 11) is 0. The van der Waals surface area contributed by atoms with Gasteiger partial charge in [0.15, 0.2) is 0 Å². The van der Waals surface area contributed by atoms with Crippen LogP contribution in [0.25, 0.3) is 0 Å². The van der Waals surface area contributed by atoms with Crippen molar-refractivity contribution < 1.29 is 14.0 Å². The van der Waals surface area contributed by atoms with Gasteiger partial charge in [-0.25, -0.2) is 4.39 Å². The van der Waals surface area contributed by atoms with Crippen molar-refractivity contribution in [1.29, 1.82) is 0 Å². The highest BCUT2D eigenvalue weighted by Crippen LogP contribution is 2.36. The average molecular weight is 570 g/mol. The maximum atomic E-state index is 13.5. The van der Waals surface area contributed by atoms with Crippen LogP contribution in [0.3, 0.4) is 0 Å². The third-order valence-corrected chi connectivity index (χ3v) is 7.88. The van der Waals surface area contributed by atoms with Crippen molar-refractivity contribution in [1.82, 2.24) is 10.2 Å². The van der Waals surface area contributed by atoms with Gasteiger partial charge in [0.2, 0.25) is 0 Å². The predicted octanol–water partition coefficient (Wildman–Crippen LogP) is 7.54. The van der Waals surface area contributed by atoms with E-state index in [1.807, 2.05) is 78.9 Å². The molecule has 5 aromatic carbocycles. The third-order valence-electron chi connectivity index (χ3n) is 7.88. The molecule has 0 fully saturated rings. The van der Waals surface area contributed by atoms with Gasteiger partial charge in [0, 0.05) is 41.4 Å². The van der Waals surface area contributed by atoms with Crippen LogP contribution in [0.1, 0.15) is 61.5 Å². The van der Waals surface area contributed by atoms with Crippen LogP contribution >= 0.6 is 0 Å². The lowest BCUT2D eigenvalue weighted by Gasteiger charge is -2.27. The van der Waals surface area contributed by atoms with E-state index in [1.165, 1.54) is 23.3 Å². The number of anilines is 1. The lowest BCUT2D eigenvalue weighted by atomic mass is 9.88. The minimum absolute atomic E-state index is 0.0993. The number of fused-ring (bicyclic) bond motifs is 1. The normalized spacial score (nSPS) is 14.0. The predicted molar refractivity (Wildman–Crippen MR) is 167 cm³/mol. The number of nitrogens with one attached hydrogen (secondary N) is 2. The second-order valence-corrected chi connectivity index (χ2v) is 10.7. The van der Waals surface area contributed by atoms with Crippen molar-refractivity contribution in [2.45, 2.75) is 25.0 Å². The Hall–Kier alpha value is -5.23. The number of carbonyl (C=O) groups excluding carboxylic acids is 2. The molecule has 0 saturated heterocycles. The van der Waals surface area contributed by atoms with Crippen LogP contribution in [0.4, 0.5) is 10.1 Å². The van der Waals surface area contributed by atoms with Gasteiger partial charge in [-0.15, -0.1) is 0 Å². The van der Waals surface area contributed by atoms with Gasteiger partial charge in [-0.1, -0.05) is 97.1 Å². The standard InChI is InChI=1S/C37H32FN3O2/c38-30-20-18-26(19-21-30)25-41-35(33-16-7-8-17-34(33)37(41)43)40-31-15-9-14-29(24-31)36(42)39-23-22-32(27-10-3-1-4-11-27)28-12-5-2-6-13-28/h1-21,24,32,35,40H,22-23,25H2,(H,39,42). The van der Waals surface area contributed by atoms with Gasteiger partial charge in [-0.2, -0.15) is 0 Å². The maximum absolute atomic E-state index is 13.5. The Morgan fingerprint density at radius 1 is 0.767 bits per heavy atom. The zero-order chi connectivity index (χ0) is 29.6. The van der Waals surface area contributed by atoms with E-state index in [4.69, 9.17) is 0 Å². The Morgan fingerprint density at radius 3 is 2.12 bits per heavy atom. The molecule has 1 atom stereocenters. The second-order valence-electron chi connectivity index (χ2n) is 10.7. The minimum Gasteiger partial charge on any atom is -0.361 e. The molecule has 1 heterocycles. The molecule has 6 rings (SSSR count). The van der Waals surface area contributed by atoms with Crippen molar-refractivity contribution in [3.63, 3.8) is 0 Å². The molecule has 0 spiro atoms. The van der Waals surface area contributed by atoms with E-state index in [2.05, 4.69) is 34.9 Å². The zero-order valence-corrected chi connectivity index (χ0v) is 23.6. The Morgan fingerprint density at radius 2 is 1.42 bits per heavy atom. The summed E-state index contributed by atoms with van der Waals surface area (Å²) < 4.78 is 13.5. The molecule has 214 valence electrons. The summed E-state index contributed by atoms with van der Waals surface area (Å²) in [6, 6.07) is 41.7. The molecule has 43 heavy (non-hydrogen) atoms. The van der Waals surface area contributed by atoms with Crippen LogP contribution in [-0.2, 0) is 6.54 Å². The average Bonchev–Trinajstić information content (AvgIpc) is 3.31.